The van der Waals surface area contributed by atoms with Crippen molar-refractivity contribution in [1.29, 1.82) is 0 Å². The number of unbranched alkanes of at least 4 members (excludes halogenated alkanes) is 2. The van der Waals surface area contributed by atoms with Crippen molar-refractivity contribution in [2.24, 2.45) is 5.92 Å². The van der Waals surface area contributed by atoms with E-state index >= 15 is 0 Å². The van der Waals surface area contributed by atoms with Crippen LogP contribution in [0.25, 0.3) is 0 Å². The highest BCUT2D eigenvalue weighted by molar-refractivity contribution is 5.50. The lowest BCUT2D eigenvalue weighted by Gasteiger charge is -2.22. The van der Waals surface area contributed by atoms with Crippen LogP contribution in [0.4, 0.5) is 0 Å². The molecule has 1 aliphatic rings. The van der Waals surface area contributed by atoms with Crippen molar-refractivity contribution in [3.05, 3.63) is 53.1 Å². The molecule has 1 N–H and O–H groups in total. The Bertz CT molecular complexity index is 838. The molecule has 3 rings (SSSR count). The van der Waals surface area contributed by atoms with Crippen molar-refractivity contribution >= 4 is 0 Å². The summed E-state index contributed by atoms with van der Waals surface area (Å²) >= 11 is 0. The summed E-state index contributed by atoms with van der Waals surface area (Å²) in [5.41, 5.74) is 3.42. The highest BCUT2D eigenvalue weighted by Gasteiger charge is 2.32. The monoisotopic (exact) mass is 427 g/mol. The Kier molecular flexibility index (Phi) is 8.61. The first-order valence-corrected chi connectivity index (χ1v) is 11.4. The van der Waals surface area contributed by atoms with Gasteiger partial charge >= 0.3 is 0 Å². The number of hydrogen-bond donors (Lipinski definition) is 1. The van der Waals surface area contributed by atoms with Crippen LogP contribution in [0.1, 0.15) is 55.4 Å². The molecule has 5 nitrogen and oxygen atoms in total. The number of hydrogen-bond acceptors (Lipinski definition) is 5. The molecule has 170 valence electrons. The molecule has 5 heteroatoms. The van der Waals surface area contributed by atoms with Gasteiger partial charge in [-0.1, -0.05) is 38.0 Å². The van der Waals surface area contributed by atoms with Crippen LogP contribution in [-0.4, -0.2) is 44.4 Å². The molecule has 0 saturated carbocycles. The van der Waals surface area contributed by atoms with Crippen LogP contribution >= 0.6 is 0 Å². The Morgan fingerprint density at radius 1 is 0.935 bits per heavy atom. The molecule has 0 radical (unpaired) electrons. The maximum Gasteiger partial charge on any atom is 0.161 e. The number of para-hydroxylation sites is 1. The number of aliphatic hydroxyl groups excluding tert-OH is 1. The van der Waals surface area contributed by atoms with E-state index in [2.05, 4.69) is 24.0 Å². The fourth-order valence-electron chi connectivity index (χ4n) is 4.64. The second-order valence-electron chi connectivity index (χ2n) is 8.34. The smallest absolute Gasteiger partial charge is 0.161 e. The van der Waals surface area contributed by atoms with E-state index in [1.165, 1.54) is 24.0 Å². The van der Waals surface area contributed by atoms with Crippen molar-refractivity contribution in [2.75, 3.05) is 34.4 Å². The van der Waals surface area contributed by atoms with Gasteiger partial charge in [-0.25, -0.2) is 0 Å². The summed E-state index contributed by atoms with van der Waals surface area (Å²) in [6, 6.07) is 12.2. The van der Waals surface area contributed by atoms with Gasteiger partial charge in [-0.05, 0) is 67.6 Å². The summed E-state index contributed by atoms with van der Waals surface area (Å²) in [4.78, 5) is 2.47. The normalized spacial score (nSPS) is 17.6. The molecule has 1 aliphatic carbocycles. The lowest BCUT2D eigenvalue weighted by atomic mass is 9.96. The van der Waals surface area contributed by atoms with Gasteiger partial charge in [0.1, 0.15) is 5.75 Å². The zero-order chi connectivity index (χ0) is 22.2. The van der Waals surface area contributed by atoms with E-state index in [0.29, 0.717) is 5.75 Å². The van der Waals surface area contributed by atoms with Gasteiger partial charge in [0.2, 0.25) is 0 Å². The zero-order valence-corrected chi connectivity index (χ0v) is 19.4. The fraction of sp³-hybridized carbons (Fsp3) is 0.538. The van der Waals surface area contributed by atoms with Crippen LogP contribution in [0, 0.1) is 5.92 Å². The maximum absolute atomic E-state index is 10.8. The number of methoxy groups -OCH3 is 3. The molecule has 0 bridgehead atoms. The Balaban J connectivity index is 1.44. The number of fused-ring (bicyclic) bond motifs is 1. The fourth-order valence-corrected chi connectivity index (χ4v) is 4.64. The molecular formula is C26H37NO4. The Morgan fingerprint density at radius 3 is 2.35 bits per heavy atom. The largest absolute Gasteiger partial charge is 0.496 e. The van der Waals surface area contributed by atoms with Crippen LogP contribution in [0.5, 0.6) is 17.2 Å². The maximum atomic E-state index is 10.8. The summed E-state index contributed by atoms with van der Waals surface area (Å²) in [6.45, 7) is 5.24. The van der Waals surface area contributed by atoms with Gasteiger partial charge in [0.05, 0.1) is 27.4 Å². The average Bonchev–Trinajstić information content (AvgIpc) is 3.11. The lowest BCUT2D eigenvalue weighted by Crippen LogP contribution is -2.24. The van der Waals surface area contributed by atoms with E-state index in [1.54, 1.807) is 21.3 Å². The molecule has 31 heavy (non-hydrogen) atoms. The van der Waals surface area contributed by atoms with E-state index in [4.69, 9.17) is 14.2 Å². The molecule has 0 amide bonds. The van der Waals surface area contributed by atoms with Gasteiger partial charge in [-0.15, -0.1) is 0 Å². The number of nitrogens with zero attached hydrogens (tertiary/aromatic N) is 1. The Morgan fingerprint density at radius 2 is 1.65 bits per heavy atom. The molecule has 0 spiro atoms. The van der Waals surface area contributed by atoms with E-state index in [1.807, 2.05) is 24.3 Å². The summed E-state index contributed by atoms with van der Waals surface area (Å²) in [5.74, 6) is 2.67. The summed E-state index contributed by atoms with van der Waals surface area (Å²) in [7, 11) is 5.02. The molecule has 0 fully saturated rings. The van der Waals surface area contributed by atoms with E-state index in [9.17, 15) is 5.11 Å². The number of ether oxygens (including phenoxy) is 3. The van der Waals surface area contributed by atoms with Gasteiger partial charge in [-0.3, -0.25) is 4.90 Å². The molecule has 0 aromatic heterocycles. The van der Waals surface area contributed by atoms with Crippen molar-refractivity contribution in [2.45, 2.75) is 51.7 Å². The molecule has 2 atom stereocenters. The van der Waals surface area contributed by atoms with Gasteiger partial charge in [0.15, 0.2) is 11.5 Å². The standard InChI is InChI=1S/C26H37NO4/c1-5-27(18-20-12-8-9-13-23(20)29-2)14-10-6-7-11-19-15-21-16-24(30-3)25(31-4)17-22(21)26(19)28/h8-9,12-13,16-17,19,26,28H,5-7,10-11,14-15,18H2,1-4H3. The third-order valence-corrected chi connectivity index (χ3v) is 6.48. The molecule has 0 saturated heterocycles. The van der Waals surface area contributed by atoms with E-state index in [-0.39, 0.29) is 5.92 Å². The second kappa shape index (κ2) is 11.4. The Labute approximate surface area is 186 Å². The number of rotatable bonds is 12. The summed E-state index contributed by atoms with van der Waals surface area (Å²) in [5, 5.41) is 10.8. The van der Waals surface area contributed by atoms with Gasteiger partial charge < -0.3 is 19.3 Å². The molecular weight excluding hydrogens is 390 g/mol. The third kappa shape index (κ3) is 5.72. The quantitative estimate of drug-likeness (QED) is 0.483. The zero-order valence-electron chi connectivity index (χ0n) is 19.4. The van der Waals surface area contributed by atoms with Crippen molar-refractivity contribution < 1.29 is 19.3 Å². The highest BCUT2D eigenvalue weighted by Crippen LogP contribution is 2.43. The van der Waals surface area contributed by atoms with Crippen molar-refractivity contribution in [1.82, 2.24) is 4.90 Å². The first-order chi connectivity index (χ1) is 15.1. The highest BCUT2D eigenvalue weighted by atomic mass is 16.5. The molecule has 2 aromatic rings. The van der Waals surface area contributed by atoms with Gasteiger partial charge in [0.25, 0.3) is 0 Å². The topological polar surface area (TPSA) is 51.2 Å². The molecule has 0 heterocycles. The van der Waals surface area contributed by atoms with Crippen LogP contribution < -0.4 is 14.2 Å². The minimum absolute atomic E-state index is 0.280. The predicted molar refractivity (Wildman–Crippen MR) is 124 cm³/mol. The second-order valence-corrected chi connectivity index (χ2v) is 8.34. The number of aliphatic hydroxyl groups is 1. The molecule has 2 aromatic carbocycles. The first-order valence-electron chi connectivity index (χ1n) is 11.4. The third-order valence-electron chi connectivity index (χ3n) is 6.48. The average molecular weight is 428 g/mol. The van der Waals surface area contributed by atoms with Gasteiger partial charge in [0, 0.05) is 12.1 Å². The van der Waals surface area contributed by atoms with E-state index < -0.39 is 6.10 Å². The molecule has 2 unspecified atom stereocenters. The minimum Gasteiger partial charge on any atom is -0.496 e. The van der Waals surface area contributed by atoms with Crippen molar-refractivity contribution in [3.8, 4) is 17.2 Å². The Hall–Kier alpha value is -2.24. The minimum atomic E-state index is -0.410. The van der Waals surface area contributed by atoms with Crippen LogP contribution in [0.3, 0.4) is 0 Å². The van der Waals surface area contributed by atoms with Gasteiger partial charge in [-0.2, -0.15) is 0 Å². The van der Waals surface area contributed by atoms with Crippen LogP contribution in [0.2, 0.25) is 0 Å². The van der Waals surface area contributed by atoms with E-state index in [0.717, 1.165) is 56.0 Å². The predicted octanol–water partition coefficient (Wildman–Crippen LogP) is 5.00. The lowest BCUT2D eigenvalue weighted by molar-refractivity contribution is 0.116. The van der Waals surface area contributed by atoms with Crippen LogP contribution in [0.15, 0.2) is 36.4 Å². The summed E-state index contributed by atoms with van der Waals surface area (Å²) < 4.78 is 16.3. The van der Waals surface area contributed by atoms with Crippen LogP contribution in [-0.2, 0) is 13.0 Å². The first kappa shape index (κ1) is 23.4. The summed E-state index contributed by atoms with van der Waals surface area (Å²) in [6.07, 6.45) is 5.02. The van der Waals surface area contributed by atoms with Crippen molar-refractivity contribution in [3.63, 3.8) is 0 Å². The SMILES string of the molecule is CCN(CCCCCC1Cc2cc(OC)c(OC)cc2C1O)Cc1ccccc1OC. The molecule has 0 aliphatic heterocycles. The number of benzene rings is 2.